The summed E-state index contributed by atoms with van der Waals surface area (Å²) >= 11 is 0. The van der Waals surface area contributed by atoms with E-state index in [0.29, 0.717) is 11.4 Å². The van der Waals surface area contributed by atoms with E-state index in [9.17, 15) is 4.39 Å². The van der Waals surface area contributed by atoms with Gasteiger partial charge in [-0.2, -0.15) is 0 Å². The SMILES string of the molecule is CC(C)(C)Oc1ccc(-c2ccc(C(C)(C)C)cc2F)cn1. The van der Waals surface area contributed by atoms with Gasteiger partial charge in [0, 0.05) is 23.4 Å². The Morgan fingerprint density at radius 1 is 0.955 bits per heavy atom. The number of pyridine rings is 1. The minimum Gasteiger partial charge on any atom is -0.472 e. The zero-order chi connectivity index (χ0) is 16.5. The van der Waals surface area contributed by atoms with E-state index in [1.54, 1.807) is 18.3 Å². The minimum absolute atomic E-state index is 0.0674. The molecule has 2 rings (SSSR count). The molecule has 1 heterocycles. The predicted molar refractivity (Wildman–Crippen MR) is 88.7 cm³/mol. The lowest BCUT2D eigenvalue weighted by molar-refractivity contribution is 0.124. The number of rotatable bonds is 2. The molecule has 0 bridgehead atoms. The van der Waals surface area contributed by atoms with Gasteiger partial charge in [0.15, 0.2) is 0 Å². The third-order valence-corrected chi connectivity index (χ3v) is 3.29. The highest BCUT2D eigenvalue weighted by molar-refractivity contribution is 5.64. The molecule has 3 heteroatoms. The molecule has 118 valence electrons. The Kier molecular flexibility index (Phi) is 4.28. The first kappa shape index (κ1) is 16.5. The molecular formula is C19H24FNO. The molecule has 2 nitrogen and oxygen atoms in total. The predicted octanol–water partition coefficient (Wildman–Crippen LogP) is 5.36. The molecule has 1 aromatic carbocycles. The summed E-state index contributed by atoms with van der Waals surface area (Å²) < 4.78 is 20.1. The van der Waals surface area contributed by atoms with E-state index in [2.05, 4.69) is 25.8 Å². The van der Waals surface area contributed by atoms with Crippen LogP contribution in [0.1, 0.15) is 47.1 Å². The Morgan fingerprint density at radius 2 is 1.64 bits per heavy atom. The van der Waals surface area contributed by atoms with Crippen molar-refractivity contribution in [2.45, 2.75) is 52.6 Å². The number of benzene rings is 1. The molecule has 0 aliphatic rings. The minimum atomic E-state index is -0.297. The number of nitrogens with zero attached hydrogens (tertiary/aromatic N) is 1. The molecule has 0 aliphatic heterocycles. The highest BCUT2D eigenvalue weighted by Crippen LogP contribution is 2.29. The van der Waals surface area contributed by atoms with Crippen LogP contribution >= 0.6 is 0 Å². The van der Waals surface area contributed by atoms with Crippen LogP contribution in [0.3, 0.4) is 0 Å². The average Bonchev–Trinajstić information content (AvgIpc) is 2.37. The quantitative estimate of drug-likeness (QED) is 0.744. The monoisotopic (exact) mass is 301 g/mol. The Hall–Kier alpha value is -1.90. The fourth-order valence-electron chi connectivity index (χ4n) is 2.13. The van der Waals surface area contributed by atoms with Gasteiger partial charge in [0.25, 0.3) is 0 Å². The van der Waals surface area contributed by atoms with Crippen molar-refractivity contribution in [2.24, 2.45) is 0 Å². The van der Waals surface area contributed by atoms with Crippen LogP contribution in [0.15, 0.2) is 36.5 Å². The van der Waals surface area contributed by atoms with Crippen LogP contribution in [0.5, 0.6) is 5.88 Å². The number of halogens is 1. The number of ether oxygens (including phenoxy) is 1. The maximum absolute atomic E-state index is 14.4. The first-order chi connectivity index (χ1) is 10.1. The van der Waals surface area contributed by atoms with Crippen LogP contribution in [0, 0.1) is 5.82 Å². The van der Waals surface area contributed by atoms with Gasteiger partial charge in [-0.25, -0.2) is 9.37 Å². The van der Waals surface area contributed by atoms with Crippen LogP contribution in [0.4, 0.5) is 4.39 Å². The average molecular weight is 301 g/mol. The Balaban J connectivity index is 2.29. The standard InChI is InChI=1S/C19H24FNO/c1-18(2,3)14-8-9-15(16(20)11-14)13-7-10-17(21-12-13)22-19(4,5)6/h7-12H,1-6H3. The van der Waals surface area contributed by atoms with Crippen LogP contribution in [-0.2, 0) is 5.41 Å². The van der Waals surface area contributed by atoms with E-state index < -0.39 is 0 Å². The molecule has 0 saturated carbocycles. The van der Waals surface area contributed by atoms with Crippen molar-refractivity contribution in [1.29, 1.82) is 0 Å². The molecule has 0 fully saturated rings. The molecule has 0 unspecified atom stereocenters. The smallest absolute Gasteiger partial charge is 0.213 e. The maximum atomic E-state index is 14.4. The lowest BCUT2D eigenvalue weighted by Gasteiger charge is -2.21. The van der Waals surface area contributed by atoms with Gasteiger partial charge in [-0.1, -0.05) is 32.9 Å². The molecule has 0 spiro atoms. The van der Waals surface area contributed by atoms with E-state index in [4.69, 9.17) is 4.74 Å². The Morgan fingerprint density at radius 3 is 2.09 bits per heavy atom. The van der Waals surface area contributed by atoms with Gasteiger partial charge in [0.05, 0.1) is 0 Å². The second-order valence-corrected chi connectivity index (χ2v) is 7.54. The number of hydrogen-bond donors (Lipinski definition) is 0. The molecule has 22 heavy (non-hydrogen) atoms. The van der Waals surface area contributed by atoms with Crippen LogP contribution in [0.25, 0.3) is 11.1 Å². The van der Waals surface area contributed by atoms with Gasteiger partial charge in [-0.15, -0.1) is 0 Å². The van der Waals surface area contributed by atoms with E-state index in [-0.39, 0.29) is 16.8 Å². The van der Waals surface area contributed by atoms with Crippen LogP contribution in [0.2, 0.25) is 0 Å². The lowest BCUT2D eigenvalue weighted by atomic mass is 9.86. The van der Waals surface area contributed by atoms with Gasteiger partial charge < -0.3 is 4.74 Å². The van der Waals surface area contributed by atoms with E-state index >= 15 is 0 Å². The Labute approximate surface area is 132 Å². The largest absolute Gasteiger partial charge is 0.472 e. The molecular weight excluding hydrogens is 277 g/mol. The molecule has 2 aromatic rings. The molecule has 0 radical (unpaired) electrons. The zero-order valence-electron chi connectivity index (χ0n) is 14.2. The first-order valence-electron chi connectivity index (χ1n) is 7.52. The molecule has 0 N–H and O–H groups in total. The summed E-state index contributed by atoms with van der Waals surface area (Å²) in [6, 6.07) is 9.00. The van der Waals surface area contributed by atoms with Crippen molar-refractivity contribution in [2.75, 3.05) is 0 Å². The second kappa shape index (κ2) is 5.71. The van der Waals surface area contributed by atoms with Gasteiger partial charge in [0.2, 0.25) is 5.88 Å². The first-order valence-corrected chi connectivity index (χ1v) is 7.52. The summed E-state index contributed by atoms with van der Waals surface area (Å²) in [5.74, 6) is 0.321. The second-order valence-electron chi connectivity index (χ2n) is 7.54. The summed E-state index contributed by atoms with van der Waals surface area (Å²) in [5.41, 5.74) is 1.92. The summed E-state index contributed by atoms with van der Waals surface area (Å²) in [6.45, 7) is 12.1. The molecule has 1 aromatic heterocycles. The third-order valence-electron chi connectivity index (χ3n) is 3.29. The summed E-state index contributed by atoms with van der Waals surface area (Å²) in [7, 11) is 0. The van der Waals surface area contributed by atoms with E-state index in [1.165, 1.54) is 0 Å². The van der Waals surface area contributed by atoms with Crippen LogP contribution < -0.4 is 4.74 Å². The highest BCUT2D eigenvalue weighted by Gasteiger charge is 2.17. The maximum Gasteiger partial charge on any atom is 0.213 e. The highest BCUT2D eigenvalue weighted by atomic mass is 19.1. The molecule has 0 saturated heterocycles. The van der Waals surface area contributed by atoms with Gasteiger partial charge >= 0.3 is 0 Å². The van der Waals surface area contributed by atoms with Gasteiger partial charge in [-0.3, -0.25) is 0 Å². The normalized spacial score (nSPS) is 12.3. The number of aromatic nitrogens is 1. The zero-order valence-corrected chi connectivity index (χ0v) is 14.2. The summed E-state index contributed by atoms with van der Waals surface area (Å²) in [5, 5.41) is 0. The van der Waals surface area contributed by atoms with Crippen LogP contribution in [-0.4, -0.2) is 10.6 Å². The van der Waals surface area contributed by atoms with E-state index in [1.807, 2.05) is 39.0 Å². The van der Waals surface area contributed by atoms with Crippen molar-refractivity contribution in [1.82, 2.24) is 4.98 Å². The topological polar surface area (TPSA) is 22.1 Å². The van der Waals surface area contributed by atoms with Crippen molar-refractivity contribution in [3.8, 4) is 17.0 Å². The van der Waals surface area contributed by atoms with Gasteiger partial charge in [-0.05, 0) is 43.9 Å². The van der Waals surface area contributed by atoms with Crippen molar-refractivity contribution < 1.29 is 9.13 Å². The molecule has 0 amide bonds. The van der Waals surface area contributed by atoms with E-state index in [0.717, 1.165) is 11.1 Å². The summed E-state index contributed by atoms with van der Waals surface area (Å²) in [4.78, 5) is 4.26. The van der Waals surface area contributed by atoms with Gasteiger partial charge in [0.1, 0.15) is 11.4 Å². The lowest BCUT2D eigenvalue weighted by Crippen LogP contribution is -2.23. The third kappa shape index (κ3) is 4.06. The molecule has 0 aliphatic carbocycles. The fourth-order valence-corrected chi connectivity index (χ4v) is 2.13. The fraction of sp³-hybridized carbons (Fsp3) is 0.421. The van der Waals surface area contributed by atoms with Crippen molar-refractivity contribution in [3.05, 3.63) is 47.9 Å². The van der Waals surface area contributed by atoms with Crippen molar-refractivity contribution >= 4 is 0 Å². The Bertz CT molecular complexity index is 649. The molecule has 0 atom stereocenters. The summed E-state index contributed by atoms with van der Waals surface area (Å²) in [6.07, 6.45) is 1.65. The van der Waals surface area contributed by atoms with Crippen molar-refractivity contribution in [3.63, 3.8) is 0 Å². The number of hydrogen-bond acceptors (Lipinski definition) is 2.